The molecule has 34 heavy (non-hydrogen) atoms. The van der Waals surface area contributed by atoms with Crippen LogP contribution >= 0.6 is 11.8 Å². The van der Waals surface area contributed by atoms with E-state index in [0.29, 0.717) is 29.8 Å². The zero-order valence-corrected chi connectivity index (χ0v) is 20.8. The van der Waals surface area contributed by atoms with Crippen molar-refractivity contribution in [3.05, 3.63) is 77.0 Å². The molecule has 2 aromatic carbocycles. The van der Waals surface area contributed by atoms with E-state index in [4.69, 9.17) is 14.5 Å². The fourth-order valence-electron chi connectivity index (χ4n) is 4.38. The Labute approximate surface area is 205 Å². The number of hydrogen-bond acceptors (Lipinski definition) is 7. The second-order valence-electron chi connectivity index (χ2n) is 8.02. The molecule has 0 bridgehead atoms. The molecule has 7 heteroatoms. The second-order valence-corrected chi connectivity index (χ2v) is 8.87. The standard InChI is InChI=1S/C27H31NO5S/c1-5-33-27(31)25-20(15-16-21(29)18-11-7-6-8-12-18)28-17(2)23(26(30)32-3)24(25)19-13-9-10-14-22(19)34-4/h6-14,21,23-24,29H,5,15-16H2,1-4H3. The lowest BCUT2D eigenvalue weighted by Gasteiger charge is -2.33. The lowest BCUT2D eigenvalue weighted by Crippen LogP contribution is -2.36. The molecule has 2 aromatic rings. The van der Waals surface area contributed by atoms with Crippen molar-refractivity contribution in [1.29, 1.82) is 0 Å². The number of aliphatic hydroxyl groups excluding tert-OH is 1. The van der Waals surface area contributed by atoms with E-state index in [1.54, 1.807) is 25.6 Å². The minimum Gasteiger partial charge on any atom is -0.468 e. The Morgan fingerprint density at radius 2 is 1.79 bits per heavy atom. The summed E-state index contributed by atoms with van der Waals surface area (Å²) in [6.07, 6.45) is 1.98. The molecule has 0 aromatic heterocycles. The summed E-state index contributed by atoms with van der Waals surface area (Å²) < 4.78 is 10.6. The number of aliphatic hydroxyl groups is 1. The molecule has 0 radical (unpaired) electrons. The van der Waals surface area contributed by atoms with Gasteiger partial charge in [0.05, 0.1) is 31.1 Å². The van der Waals surface area contributed by atoms with E-state index in [9.17, 15) is 14.7 Å². The first-order chi connectivity index (χ1) is 16.4. The SMILES string of the molecule is CCOC(=O)C1=C(CCC(O)c2ccccc2)N=C(C)C(C(=O)OC)C1c1ccccc1SC. The molecule has 1 aliphatic rings. The van der Waals surface area contributed by atoms with E-state index in [2.05, 4.69) is 0 Å². The van der Waals surface area contributed by atoms with Gasteiger partial charge in [-0.2, -0.15) is 0 Å². The molecule has 180 valence electrons. The van der Waals surface area contributed by atoms with Gasteiger partial charge in [-0.3, -0.25) is 9.79 Å². The maximum Gasteiger partial charge on any atom is 0.336 e. The van der Waals surface area contributed by atoms with Gasteiger partial charge in [0.15, 0.2) is 0 Å². The van der Waals surface area contributed by atoms with Crippen LogP contribution in [0, 0.1) is 5.92 Å². The van der Waals surface area contributed by atoms with Crippen molar-refractivity contribution in [1.82, 2.24) is 0 Å². The molecule has 0 spiro atoms. The summed E-state index contributed by atoms with van der Waals surface area (Å²) in [5.74, 6) is -2.30. The highest BCUT2D eigenvalue weighted by Gasteiger charge is 2.43. The summed E-state index contributed by atoms with van der Waals surface area (Å²) in [5.41, 5.74) is 3.11. The second kappa shape index (κ2) is 12.0. The van der Waals surface area contributed by atoms with Crippen LogP contribution in [0.4, 0.5) is 0 Å². The first kappa shape index (κ1) is 25.7. The fourth-order valence-corrected chi connectivity index (χ4v) is 5.03. The molecular formula is C27H31NO5S. The van der Waals surface area contributed by atoms with Crippen molar-refractivity contribution in [2.24, 2.45) is 10.9 Å². The van der Waals surface area contributed by atoms with Gasteiger partial charge in [-0.05, 0) is 50.1 Å². The number of carbonyl (C=O) groups excluding carboxylic acids is 2. The number of methoxy groups -OCH3 is 1. The van der Waals surface area contributed by atoms with Gasteiger partial charge in [-0.25, -0.2) is 4.79 Å². The normalized spacial score (nSPS) is 18.8. The molecule has 3 rings (SSSR count). The monoisotopic (exact) mass is 481 g/mol. The van der Waals surface area contributed by atoms with Crippen LogP contribution in [-0.4, -0.2) is 42.7 Å². The van der Waals surface area contributed by atoms with E-state index in [0.717, 1.165) is 16.0 Å². The summed E-state index contributed by atoms with van der Waals surface area (Å²) in [7, 11) is 1.34. The first-order valence-corrected chi connectivity index (χ1v) is 12.5. The fraction of sp³-hybridized carbons (Fsp3) is 0.370. The quantitative estimate of drug-likeness (QED) is 0.397. The molecule has 3 unspecified atom stereocenters. The molecule has 3 atom stereocenters. The number of benzene rings is 2. The Morgan fingerprint density at radius 1 is 1.12 bits per heavy atom. The smallest absolute Gasteiger partial charge is 0.336 e. The topological polar surface area (TPSA) is 85.2 Å². The Kier molecular flexibility index (Phi) is 9.07. The van der Waals surface area contributed by atoms with Crippen LogP contribution in [0.1, 0.15) is 49.8 Å². The van der Waals surface area contributed by atoms with Gasteiger partial charge in [-0.15, -0.1) is 11.8 Å². The third kappa shape index (κ3) is 5.59. The highest BCUT2D eigenvalue weighted by atomic mass is 32.2. The summed E-state index contributed by atoms with van der Waals surface area (Å²) >= 11 is 1.55. The summed E-state index contributed by atoms with van der Waals surface area (Å²) in [4.78, 5) is 31.9. The molecule has 0 saturated heterocycles. The highest BCUT2D eigenvalue weighted by Crippen LogP contribution is 2.44. The van der Waals surface area contributed by atoms with E-state index >= 15 is 0 Å². The van der Waals surface area contributed by atoms with Crippen LogP contribution in [0.3, 0.4) is 0 Å². The van der Waals surface area contributed by atoms with E-state index in [1.807, 2.05) is 60.9 Å². The van der Waals surface area contributed by atoms with Gasteiger partial charge in [-0.1, -0.05) is 48.5 Å². The van der Waals surface area contributed by atoms with Crippen LogP contribution in [0.2, 0.25) is 0 Å². The average molecular weight is 482 g/mol. The third-order valence-corrected chi connectivity index (χ3v) is 6.79. The molecule has 1 heterocycles. The van der Waals surface area contributed by atoms with Gasteiger partial charge in [0.2, 0.25) is 0 Å². The summed E-state index contributed by atoms with van der Waals surface area (Å²) in [6.45, 7) is 3.73. The van der Waals surface area contributed by atoms with Gasteiger partial charge in [0, 0.05) is 16.5 Å². The number of carbonyl (C=O) groups is 2. The Morgan fingerprint density at radius 3 is 2.44 bits per heavy atom. The third-order valence-electron chi connectivity index (χ3n) is 5.98. The van der Waals surface area contributed by atoms with Crippen molar-refractivity contribution in [3.63, 3.8) is 0 Å². The molecule has 0 fully saturated rings. The van der Waals surface area contributed by atoms with Crippen molar-refractivity contribution in [2.75, 3.05) is 20.0 Å². The van der Waals surface area contributed by atoms with Crippen LogP contribution in [0.25, 0.3) is 0 Å². The number of rotatable bonds is 9. The molecule has 6 nitrogen and oxygen atoms in total. The maximum atomic E-state index is 13.3. The Balaban J connectivity index is 2.12. The minimum absolute atomic E-state index is 0.199. The molecular weight excluding hydrogens is 450 g/mol. The number of thioether (sulfide) groups is 1. The van der Waals surface area contributed by atoms with Crippen molar-refractivity contribution >= 4 is 29.4 Å². The number of aliphatic imine (C=N–C) groups is 1. The summed E-state index contributed by atoms with van der Waals surface area (Å²) in [5, 5.41) is 10.7. The lowest BCUT2D eigenvalue weighted by atomic mass is 9.75. The van der Waals surface area contributed by atoms with E-state index in [-0.39, 0.29) is 6.61 Å². The molecule has 1 aliphatic heterocycles. The van der Waals surface area contributed by atoms with Crippen molar-refractivity contribution in [2.45, 2.75) is 43.6 Å². The van der Waals surface area contributed by atoms with E-state index in [1.165, 1.54) is 7.11 Å². The van der Waals surface area contributed by atoms with Crippen LogP contribution in [0.15, 0.2) is 75.8 Å². The number of nitrogens with zero attached hydrogens (tertiary/aromatic N) is 1. The van der Waals surface area contributed by atoms with Crippen LogP contribution in [-0.2, 0) is 19.1 Å². The van der Waals surface area contributed by atoms with Gasteiger partial charge in [0.1, 0.15) is 5.92 Å². The van der Waals surface area contributed by atoms with Crippen LogP contribution < -0.4 is 0 Å². The number of ether oxygens (including phenoxy) is 2. The van der Waals surface area contributed by atoms with Crippen molar-refractivity contribution in [3.8, 4) is 0 Å². The zero-order chi connectivity index (χ0) is 24.7. The van der Waals surface area contributed by atoms with Crippen LogP contribution in [0.5, 0.6) is 0 Å². The summed E-state index contributed by atoms with van der Waals surface area (Å²) in [6, 6.07) is 17.1. The van der Waals surface area contributed by atoms with Gasteiger partial charge < -0.3 is 14.6 Å². The predicted molar refractivity (Wildman–Crippen MR) is 134 cm³/mol. The highest BCUT2D eigenvalue weighted by molar-refractivity contribution is 7.98. The molecule has 0 amide bonds. The van der Waals surface area contributed by atoms with Gasteiger partial charge >= 0.3 is 11.9 Å². The number of hydrogen-bond donors (Lipinski definition) is 1. The first-order valence-electron chi connectivity index (χ1n) is 11.3. The predicted octanol–water partition coefficient (Wildman–Crippen LogP) is 5.09. The number of allylic oxidation sites excluding steroid dienone is 1. The van der Waals surface area contributed by atoms with Crippen molar-refractivity contribution < 1.29 is 24.2 Å². The Hall–Kier alpha value is -2.90. The molecule has 0 aliphatic carbocycles. The Bertz CT molecular complexity index is 1080. The lowest BCUT2D eigenvalue weighted by molar-refractivity contribution is -0.144. The minimum atomic E-state index is -0.750. The zero-order valence-electron chi connectivity index (χ0n) is 20.0. The molecule has 0 saturated carbocycles. The number of esters is 2. The average Bonchev–Trinajstić information content (AvgIpc) is 2.86. The van der Waals surface area contributed by atoms with E-state index < -0.39 is 29.9 Å². The maximum absolute atomic E-state index is 13.3. The molecule has 1 N–H and O–H groups in total. The largest absolute Gasteiger partial charge is 0.468 e. The van der Waals surface area contributed by atoms with Gasteiger partial charge in [0.25, 0.3) is 0 Å².